The van der Waals surface area contributed by atoms with Crippen molar-refractivity contribution in [2.24, 2.45) is 0 Å². The average molecular weight is 405 g/mol. The molecule has 0 amide bonds. The van der Waals surface area contributed by atoms with Crippen LogP contribution >= 0.6 is 0 Å². The molecule has 30 heavy (non-hydrogen) atoms. The number of anilines is 1. The molecule has 0 aliphatic carbocycles. The van der Waals surface area contributed by atoms with Gasteiger partial charge in [0.15, 0.2) is 0 Å². The van der Waals surface area contributed by atoms with Crippen LogP contribution in [-0.4, -0.2) is 24.4 Å². The largest absolute Gasteiger partial charge is 0.497 e. The molecule has 0 aliphatic rings. The smallest absolute Gasteiger partial charge is 0.247 e. The van der Waals surface area contributed by atoms with Crippen molar-refractivity contribution < 1.29 is 18.3 Å². The number of nitrogens with zero attached hydrogens (tertiary/aromatic N) is 2. The minimum atomic E-state index is -0.531. The van der Waals surface area contributed by atoms with Crippen molar-refractivity contribution in [3.63, 3.8) is 0 Å². The zero-order valence-corrected chi connectivity index (χ0v) is 16.5. The van der Waals surface area contributed by atoms with Crippen molar-refractivity contribution in [2.75, 3.05) is 19.5 Å². The summed E-state index contributed by atoms with van der Waals surface area (Å²) in [7, 11) is 3.17. The predicted octanol–water partition coefficient (Wildman–Crippen LogP) is 5.09. The van der Waals surface area contributed by atoms with Crippen LogP contribution < -0.4 is 14.8 Å². The summed E-state index contributed by atoms with van der Waals surface area (Å²) < 4.78 is 30.3. The fourth-order valence-corrected chi connectivity index (χ4v) is 3.07. The molecule has 1 atom stereocenters. The molecule has 4 aromatic rings. The van der Waals surface area contributed by atoms with Crippen molar-refractivity contribution in [2.45, 2.75) is 6.04 Å². The van der Waals surface area contributed by atoms with Gasteiger partial charge >= 0.3 is 0 Å². The van der Waals surface area contributed by atoms with Gasteiger partial charge in [-0.3, -0.25) is 0 Å². The van der Waals surface area contributed by atoms with Crippen LogP contribution in [-0.2, 0) is 0 Å². The average Bonchev–Trinajstić information content (AvgIpc) is 3.28. The van der Waals surface area contributed by atoms with E-state index >= 15 is 0 Å². The highest BCUT2D eigenvalue weighted by Gasteiger charge is 2.23. The summed E-state index contributed by atoms with van der Waals surface area (Å²) in [6.07, 6.45) is 0. The molecular weight excluding hydrogens is 385 g/mol. The quantitative estimate of drug-likeness (QED) is 0.462. The van der Waals surface area contributed by atoms with Crippen LogP contribution in [0.4, 0.5) is 10.1 Å². The Morgan fingerprint density at radius 2 is 1.67 bits per heavy atom. The van der Waals surface area contributed by atoms with Crippen LogP contribution in [0.25, 0.3) is 11.5 Å². The summed E-state index contributed by atoms with van der Waals surface area (Å²) in [6, 6.07) is 20.5. The Morgan fingerprint density at radius 1 is 0.900 bits per heavy atom. The highest BCUT2D eigenvalue weighted by molar-refractivity contribution is 5.61. The van der Waals surface area contributed by atoms with Crippen LogP contribution in [0, 0.1) is 5.82 Å². The molecule has 3 aromatic carbocycles. The maximum absolute atomic E-state index is 13.5. The van der Waals surface area contributed by atoms with Crippen LogP contribution in [0.15, 0.2) is 77.2 Å². The first kappa shape index (κ1) is 19.4. The van der Waals surface area contributed by atoms with Gasteiger partial charge in [-0.25, -0.2) is 4.39 Å². The van der Waals surface area contributed by atoms with E-state index in [1.165, 1.54) is 12.1 Å². The first-order valence-corrected chi connectivity index (χ1v) is 9.31. The van der Waals surface area contributed by atoms with Crippen molar-refractivity contribution in [3.05, 3.63) is 90.1 Å². The molecule has 1 heterocycles. The van der Waals surface area contributed by atoms with Gasteiger partial charge in [-0.2, -0.15) is 0 Å². The number of halogens is 1. The van der Waals surface area contributed by atoms with E-state index in [-0.39, 0.29) is 5.82 Å². The number of rotatable bonds is 7. The minimum absolute atomic E-state index is 0.327. The Balaban J connectivity index is 1.75. The maximum atomic E-state index is 13.5. The van der Waals surface area contributed by atoms with Gasteiger partial charge in [0.1, 0.15) is 23.4 Å². The molecule has 0 aliphatic heterocycles. The molecule has 7 heteroatoms. The van der Waals surface area contributed by atoms with E-state index in [9.17, 15) is 4.39 Å². The van der Waals surface area contributed by atoms with E-state index in [1.54, 1.807) is 38.5 Å². The lowest BCUT2D eigenvalue weighted by Gasteiger charge is -2.19. The summed E-state index contributed by atoms with van der Waals surface area (Å²) in [5, 5.41) is 11.8. The molecule has 0 bridgehead atoms. The summed E-state index contributed by atoms with van der Waals surface area (Å²) >= 11 is 0. The van der Waals surface area contributed by atoms with Crippen LogP contribution in [0.3, 0.4) is 0 Å². The second-order valence-electron chi connectivity index (χ2n) is 6.51. The topological polar surface area (TPSA) is 69.4 Å². The summed E-state index contributed by atoms with van der Waals surface area (Å²) in [5.74, 6) is 1.69. The van der Waals surface area contributed by atoms with Gasteiger partial charge in [-0.15, -0.1) is 10.2 Å². The van der Waals surface area contributed by atoms with Gasteiger partial charge in [0, 0.05) is 11.6 Å². The van der Waals surface area contributed by atoms with Gasteiger partial charge in [0.2, 0.25) is 11.8 Å². The van der Waals surface area contributed by atoms with Crippen molar-refractivity contribution in [3.8, 4) is 23.0 Å². The van der Waals surface area contributed by atoms with Crippen molar-refractivity contribution >= 4 is 5.69 Å². The Labute approximate surface area is 173 Å². The number of benzene rings is 3. The van der Waals surface area contributed by atoms with E-state index in [2.05, 4.69) is 15.5 Å². The third kappa shape index (κ3) is 4.10. The zero-order valence-electron chi connectivity index (χ0n) is 16.5. The lowest BCUT2D eigenvalue weighted by Crippen LogP contribution is -2.14. The number of ether oxygens (including phenoxy) is 2. The first-order chi connectivity index (χ1) is 14.7. The molecule has 0 saturated heterocycles. The summed E-state index contributed by atoms with van der Waals surface area (Å²) in [4.78, 5) is 0. The van der Waals surface area contributed by atoms with Crippen LogP contribution in [0.5, 0.6) is 11.5 Å². The Kier molecular flexibility index (Phi) is 5.61. The van der Waals surface area contributed by atoms with Gasteiger partial charge < -0.3 is 19.2 Å². The fraction of sp³-hybridized carbons (Fsp3) is 0.130. The van der Waals surface area contributed by atoms with Gasteiger partial charge in [-0.05, 0) is 42.0 Å². The van der Waals surface area contributed by atoms with Crippen molar-refractivity contribution in [1.82, 2.24) is 10.2 Å². The normalized spacial score (nSPS) is 11.7. The van der Waals surface area contributed by atoms with E-state index in [4.69, 9.17) is 13.9 Å². The number of nitrogens with one attached hydrogen (secondary N) is 1. The Hall–Kier alpha value is -3.87. The molecule has 0 saturated carbocycles. The molecule has 0 spiro atoms. The lowest BCUT2D eigenvalue weighted by molar-refractivity contribution is 0.404. The number of hydrogen-bond acceptors (Lipinski definition) is 6. The molecule has 0 radical (unpaired) electrons. The molecule has 1 aromatic heterocycles. The van der Waals surface area contributed by atoms with Crippen molar-refractivity contribution in [1.29, 1.82) is 0 Å². The van der Waals surface area contributed by atoms with Crippen LogP contribution in [0.2, 0.25) is 0 Å². The zero-order chi connectivity index (χ0) is 20.9. The number of aromatic nitrogens is 2. The molecular formula is C23H20FN3O3. The molecule has 6 nitrogen and oxygen atoms in total. The lowest BCUT2D eigenvalue weighted by atomic mass is 10.1. The van der Waals surface area contributed by atoms with E-state index in [0.29, 0.717) is 29.0 Å². The number of hydrogen-bond donors (Lipinski definition) is 1. The molecule has 0 fully saturated rings. The van der Waals surface area contributed by atoms with E-state index in [0.717, 1.165) is 11.1 Å². The maximum Gasteiger partial charge on any atom is 0.247 e. The van der Waals surface area contributed by atoms with Gasteiger partial charge in [-0.1, -0.05) is 30.3 Å². The third-order valence-electron chi connectivity index (χ3n) is 4.62. The van der Waals surface area contributed by atoms with E-state index < -0.39 is 6.04 Å². The summed E-state index contributed by atoms with van der Waals surface area (Å²) in [5.41, 5.74) is 2.24. The highest BCUT2D eigenvalue weighted by Crippen LogP contribution is 2.35. The molecule has 4 rings (SSSR count). The van der Waals surface area contributed by atoms with Gasteiger partial charge in [0.05, 0.1) is 19.9 Å². The summed E-state index contributed by atoms with van der Waals surface area (Å²) in [6.45, 7) is 0. The predicted molar refractivity (Wildman–Crippen MR) is 111 cm³/mol. The standard InChI is InChI=1S/C23H20FN3O3/c1-28-18-12-13-20(29-2)19(14-18)25-21(15-8-10-17(24)11-9-15)23-27-26-22(30-23)16-6-4-3-5-7-16/h3-14,21,25H,1-2H3/t21-/m0/s1. The molecule has 152 valence electrons. The SMILES string of the molecule is COc1ccc(OC)c(N[C@@H](c2ccc(F)cc2)c2nnc(-c3ccccc3)o2)c1. The number of methoxy groups -OCH3 is 2. The minimum Gasteiger partial charge on any atom is -0.497 e. The molecule has 1 N–H and O–H groups in total. The second kappa shape index (κ2) is 8.65. The fourth-order valence-electron chi connectivity index (χ4n) is 3.07. The van der Waals surface area contributed by atoms with Gasteiger partial charge in [0.25, 0.3) is 0 Å². The monoisotopic (exact) mass is 405 g/mol. The highest BCUT2D eigenvalue weighted by atomic mass is 19.1. The third-order valence-corrected chi connectivity index (χ3v) is 4.62. The molecule has 0 unspecified atom stereocenters. The second-order valence-corrected chi connectivity index (χ2v) is 6.51. The first-order valence-electron chi connectivity index (χ1n) is 9.31. The van der Waals surface area contributed by atoms with E-state index in [1.807, 2.05) is 36.4 Å². The Bertz CT molecular complexity index is 1110. The van der Waals surface area contributed by atoms with Crippen LogP contribution in [0.1, 0.15) is 17.5 Å². The Morgan fingerprint density at radius 3 is 2.37 bits per heavy atom.